The molecule has 42 heavy (non-hydrogen) atoms. The molecule has 0 fully saturated rings. The van der Waals surface area contributed by atoms with E-state index < -0.39 is 12.3 Å². The third kappa shape index (κ3) is 6.92. The van der Waals surface area contributed by atoms with Crippen molar-refractivity contribution >= 4 is 12.3 Å². The summed E-state index contributed by atoms with van der Waals surface area (Å²) >= 11 is 0. The number of hydrogen-bond acceptors (Lipinski definition) is 7. The topological polar surface area (TPSA) is 80.3 Å². The first-order chi connectivity index (χ1) is 20.6. The van der Waals surface area contributed by atoms with Gasteiger partial charge in [0, 0.05) is 29.2 Å². The number of benzene rings is 4. The van der Waals surface area contributed by atoms with Gasteiger partial charge in [-0.2, -0.15) is 0 Å². The maximum Gasteiger partial charge on any atom is 0.513 e. The molecule has 1 heterocycles. The number of carbonyl (C=O) groups is 2. The molecule has 0 amide bonds. The monoisotopic (exact) mass is 566 g/mol. The molecule has 0 saturated heterocycles. The lowest BCUT2D eigenvalue weighted by Gasteiger charge is -2.29. The lowest BCUT2D eigenvalue weighted by atomic mass is 9.82. The molecule has 0 N–H and O–H groups in total. The van der Waals surface area contributed by atoms with E-state index in [4.69, 9.17) is 23.7 Å². The lowest BCUT2D eigenvalue weighted by Crippen LogP contribution is -2.15. The molecule has 5 rings (SSSR count). The highest BCUT2D eigenvalue weighted by Crippen LogP contribution is 2.49. The van der Waals surface area contributed by atoms with Crippen LogP contribution in [0, 0.1) is 0 Å². The highest BCUT2D eigenvalue weighted by molar-refractivity contribution is 5.69. The molecule has 1 aliphatic rings. The minimum absolute atomic E-state index is 0.176. The van der Waals surface area contributed by atoms with E-state index in [0.29, 0.717) is 36.2 Å². The SMILES string of the molecule is CCCCOC(=O)Oc1ccc2c(c1)Oc1cc(OC(=O)OCCCC)ccc1C2c1ccc(-c2ccccc2)cc1. The molecule has 216 valence electrons. The molecule has 0 atom stereocenters. The quantitative estimate of drug-likeness (QED) is 0.0946. The molecule has 0 unspecified atom stereocenters. The summed E-state index contributed by atoms with van der Waals surface area (Å²) in [6, 6.07) is 29.3. The number of fused-ring (bicyclic) bond motifs is 2. The third-order valence-corrected chi connectivity index (χ3v) is 7.00. The van der Waals surface area contributed by atoms with Crippen LogP contribution in [0.25, 0.3) is 11.1 Å². The van der Waals surface area contributed by atoms with Gasteiger partial charge < -0.3 is 23.7 Å². The van der Waals surface area contributed by atoms with E-state index in [1.807, 2.05) is 44.2 Å². The summed E-state index contributed by atoms with van der Waals surface area (Å²) in [4.78, 5) is 24.4. The fraction of sp³-hybridized carbons (Fsp3) is 0.257. The normalized spacial score (nSPS) is 12.0. The Morgan fingerprint density at radius 1 is 0.643 bits per heavy atom. The third-order valence-electron chi connectivity index (χ3n) is 7.00. The summed E-state index contributed by atoms with van der Waals surface area (Å²) < 4.78 is 27.4. The molecule has 0 aromatic heterocycles. The first-order valence-corrected chi connectivity index (χ1v) is 14.4. The molecule has 0 radical (unpaired) electrons. The molecule has 0 saturated carbocycles. The average molecular weight is 567 g/mol. The first-order valence-electron chi connectivity index (χ1n) is 14.4. The highest BCUT2D eigenvalue weighted by Gasteiger charge is 2.30. The van der Waals surface area contributed by atoms with E-state index in [1.165, 1.54) is 0 Å². The van der Waals surface area contributed by atoms with Crippen LogP contribution >= 0.6 is 0 Å². The van der Waals surface area contributed by atoms with Gasteiger partial charge in [-0.1, -0.05) is 93.4 Å². The van der Waals surface area contributed by atoms with E-state index in [-0.39, 0.29) is 5.92 Å². The predicted octanol–water partition coefficient (Wildman–Crippen LogP) is 9.27. The van der Waals surface area contributed by atoms with Crippen molar-refractivity contribution in [1.29, 1.82) is 0 Å². The number of ether oxygens (including phenoxy) is 5. The van der Waals surface area contributed by atoms with E-state index in [2.05, 4.69) is 36.4 Å². The maximum atomic E-state index is 12.2. The van der Waals surface area contributed by atoms with E-state index in [9.17, 15) is 9.59 Å². The van der Waals surface area contributed by atoms with Gasteiger partial charge in [-0.3, -0.25) is 0 Å². The van der Waals surface area contributed by atoms with Gasteiger partial charge in [0.05, 0.1) is 13.2 Å². The van der Waals surface area contributed by atoms with Crippen LogP contribution in [-0.2, 0) is 9.47 Å². The Kier molecular flexibility index (Phi) is 9.39. The van der Waals surface area contributed by atoms with Crippen LogP contribution in [0.15, 0.2) is 91.0 Å². The summed E-state index contributed by atoms with van der Waals surface area (Å²) in [5.74, 6) is 1.50. The molecule has 4 aromatic rings. The molecule has 0 bridgehead atoms. The van der Waals surface area contributed by atoms with Crippen molar-refractivity contribution < 1.29 is 33.3 Å². The van der Waals surface area contributed by atoms with Gasteiger partial charge in [0.1, 0.15) is 23.0 Å². The van der Waals surface area contributed by atoms with Crippen LogP contribution in [0.4, 0.5) is 9.59 Å². The Hall–Kier alpha value is -4.78. The van der Waals surface area contributed by atoms with Gasteiger partial charge in [0.2, 0.25) is 0 Å². The summed E-state index contributed by atoms with van der Waals surface area (Å²) in [6.45, 7) is 4.64. The Labute approximate surface area is 246 Å². The summed E-state index contributed by atoms with van der Waals surface area (Å²) in [5.41, 5.74) is 5.13. The minimum Gasteiger partial charge on any atom is -0.456 e. The second kappa shape index (κ2) is 13.7. The van der Waals surface area contributed by atoms with Crippen LogP contribution in [0.5, 0.6) is 23.0 Å². The fourth-order valence-electron chi connectivity index (χ4n) is 4.80. The highest BCUT2D eigenvalue weighted by atomic mass is 16.7. The molecular weight excluding hydrogens is 532 g/mol. The van der Waals surface area contributed by atoms with Crippen molar-refractivity contribution in [2.24, 2.45) is 0 Å². The number of hydrogen-bond donors (Lipinski definition) is 0. The first kappa shape index (κ1) is 28.7. The largest absolute Gasteiger partial charge is 0.513 e. The summed E-state index contributed by atoms with van der Waals surface area (Å²) in [7, 11) is 0. The molecule has 0 aliphatic carbocycles. The van der Waals surface area contributed by atoms with E-state index >= 15 is 0 Å². The van der Waals surface area contributed by atoms with Gasteiger partial charge in [0.25, 0.3) is 0 Å². The van der Waals surface area contributed by atoms with E-state index in [0.717, 1.165) is 53.5 Å². The Balaban J connectivity index is 1.46. The maximum absolute atomic E-state index is 12.2. The van der Waals surface area contributed by atoms with Crippen molar-refractivity contribution in [3.05, 3.63) is 108 Å². The molecule has 7 heteroatoms. The second-order valence-corrected chi connectivity index (χ2v) is 10.0. The zero-order valence-corrected chi connectivity index (χ0v) is 23.8. The molecular formula is C35H34O7. The van der Waals surface area contributed by atoms with Crippen molar-refractivity contribution in [1.82, 2.24) is 0 Å². The van der Waals surface area contributed by atoms with Crippen molar-refractivity contribution in [2.75, 3.05) is 13.2 Å². The number of carbonyl (C=O) groups excluding carboxylic acids is 2. The van der Waals surface area contributed by atoms with E-state index in [1.54, 1.807) is 24.3 Å². The Morgan fingerprint density at radius 3 is 1.64 bits per heavy atom. The van der Waals surface area contributed by atoms with Gasteiger partial charge in [-0.05, 0) is 41.7 Å². The number of unbranched alkanes of at least 4 members (excludes halogenated alkanes) is 2. The van der Waals surface area contributed by atoms with Gasteiger partial charge >= 0.3 is 12.3 Å². The standard InChI is InChI=1S/C35H34O7/c1-3-5-20-38-34(36)40-27-16-18-29-31(22-27)42-32-23-28(41-35(37)39-21-6-4-2)17-19-30(32)33(29)26-14-12-25(13-15-26)24-10-8-7-9-11-24/h7-19,22-23,33H,3-6,20-21H2,1-2H3. The molecule has 7 nitrogen and oxygen atoms in total. The zero-order valence-electron chi connectivity index (χ0n) is 23.8. The van der Waals surface area contributed by atoms with Crippen LogP contribution in [-0.4, -0.2) is 25.5 Å². The molecule has 1 aliphatic heterocycles. The van der Waals surface area contributed by atoms with Gasteiger partial charge in [0.15, 0.2) is 0 Å². The van der Waals surface area contributed by atoms with Crippen LogP contribution in [0.1, 0.15) is 62.1 Å². The Bertz CT molecular complexity index is 1440. The fourth-order valence-corrected chi connectivity index (χ4v) is 4.80. The van der Waals surface area contributed by atoms with Crippen molar-refractivity contribution in [3.63, 3.8) is 0 Å². The smallest absolute Gasteiger partial charge is 0.456 e. The van der Waals surface area contributed by atoms with Crippen LogP contribution in [0.2, 0.25) is 0 Å². The minimum atomic E-state index is -0.759. The van der Waals surface area contributed by atoms with Crippen LogP contribution < -0.4 is 14.2 Å². The molecule has 0 spiro atoms. The molecule has 4 aromatic carbocycles. The summed E-state index contributed by atoms with van der Waals surface area (Å²) in [6.07, 6.45) is 1.83. The lowest BCUT2D eigenvalue weighted by molar-refractivity contribution is 0.0968. The summed E-state index contributed by atoms with van der Waals surface area (Å²) in [5, 5.41) is 0. The zero-order chi connectivity index (χ0) is 29.3. The number of rotatable bonds is 10. The van der Waals surface area contributed by atoms with Crippen molar-refractivity contribution in [3.8, 4) is 34.1 Å². The van der Waals surface area contributed by atoms with Crippen LogP contribution in [0.3, 0.4) is 0 Å². The average Bonchev–Trinajstić information content (AvgIpc) is 3.00. The Morgan fingerprint density at radius 2 is 1.14 bits per heavy atom. The van der Waals surface area contributed by atoms with Gasteiger partial charge in [-0.15, -0.1) is 0 Å². The second-order valence-electron chi connectivity index (χ2n) is 10.0. The van der Waals surface area contributed by atoms with Gasteiger partial charge in [-0.25, -0.2) is 9.59 Å². The van der Waals surface area contributed by atoms with Crippen molar-refractivity contribution in [2.45, 2.75) is 45.4 Å². The predicted molar refractivity (Wildman–Crippen MR) is 160 cm³/mol.